The number of benzene rings is 3. The molecule has 3 aromatic rings. The van der Waals surface area contributed by atoms with Gasteiger partial charge in [-0.2, -0.15) is 0 Å². The Morgan fingerprint density at radius 2 is 1.49 bits per heavy atom. The van der Waals surface area contributed by atoms with Gasteiger partial charge in [-0.05, 0) is 60.9 Å². The second kappa shape index (κ2) is 18.1. The number of hydrogen-bond donors (Lipinski definition) is 5. The molecule has 282 valence electrons. The first-order chi connectivity index (χ1) is 25.5. The Morgan fingerprint density at radius 1 is 0.868 bits per heavy atom. The third-order valence-electron chi connectivity index (χ3n) is 10.5. The number of aliphatic carboxylic acids is 1. The number of hydrogen-bond acceptors (Lipinski definition) is 7. The van der Waals surface area contributed by atoms with Crippen LogP contribution in [-0.4, -0.2) is 80.9 Å². The van der Waals surface area contributed by atoms with Gasteiger partial charge in [-0.3, -0.25) is 24.1 Å². The lowest BCUT2D eigenvalue weighted by Crippen LogP contribution is -2.49. The first-order valence-electron chi connectivity index (χ1n) is 18.4. The normalized spacial score (nSPS) is 18.6. The molecule has 4 amide bonds. The molecule has 5 N–H and O–H groups in total. The molecule has 0 spiro atoms. The topological polar surface area (TPSA) is 177 Å². The Hall–Kier alpha value is -5.07. The van der Waals surface area contributed by atoms with Crippen molar-refractivity contribution in [3.8, 4) is 0 Å². The lowest BCUT2D eigenvalue weighted by atomic mass is 9.81. The van der Waals surface area contributed by atoms with Gasteiger partial charge in [-0.1, -0.05) is 85.6 Å². The third-order valence-corrected chi connectivity index (χ3v) is 10.5. The number of nitrogens with one attached hydrogen (secondary N) is 2. The summed E-state index contributed by atoms with van der Waals surface area (Å²) >= 11 is 0. The molecule has 2 fully saturated rings. The first-order valence-corrected chi connectivity index (χ1v) is 18.4. The molecule has 3 atom stereocenters. The fourth-order valence-electron chi connectivity index (χ4n) is 7.67. The minimum atomic E-state index is -1.66. The molecule has 3 aromatic carbocycles. The zero-order valence-electron chi connectivity index (χ0n) is 30.2. The van der Waals surface area contributed by atoms with Crippen molar-refractivity contribution in [1.29, 1.82) is 0 Å². The van der Waals surface area contributed by atoms with Gasteiger partial charge in [0.05, 0.1) is 5.41 Å². The van der Waals surface area contributed by atoms with E-state index in [9.17, 15) is 39.3 Å². The molecule has 1 aliphatic carbocycles. The van der Waals surface area contributed by atoms with Gasteiger partial charge in [0.15, 0.2) is 6.29 Å². The lowest BCUT2D eigenvalue weighted by Gasteiger charge is -2.32. The van der Waals surface area contributed by atoms with E-state index >= 15 is 0 Å². The number of aliphatic hydroxyl groups excluding tert-OH is 1. The Kier molecular flexibility index (Phi) is 13.4. The van der Waals surface area contributed by atoms with Crippen molar-refractivity contribution in [2.24, 2.45) is 5.41 Å². The zero-order valence-corrected chi connectivity index (χ0v) is 30.2. The monoisotopic (exact) mass is 726 g/mol. The van der Waals surface area contributed by atoms with Gasteiger partial charge >= 0.3 is 5.97 Å². The van der Waals surface area contributed by atoms with Crippen LogP contribution in [0.2, 0.25) is 0 Å². The fraction of sp³-hybridized carbons (Fsp3) is 0.439. The fourth-order valence-corrected chi connectivity index (χ4v) is 7.67. The van der Waals surface area contributed by atoms with Crippen molar-refractivity contribution < 1.29 is 39.3 Å². The number of anilines is 1. The van der Waals surface area contributed by atoms with Crippen LogP contribution in [-0.2, 0) is 43.2 Å². The van der Waals surface area contributed by atoms with Crippen molar-refractivity contribution >= 4 is 35.3 Å². The summed E-state index contributed by atoms with van der Waals surface area (Å²) in [4.78, 5) is 68.9. The third kappa shape index (κ3) is 10.1. The molecular formula is C41H50N4O8. The molecule has 12 heteroatoms. The standard InChI is InChI=1S/C41H50N4O8/c1-28(46)42-25-24-41(22-8-9-23-41)40(53)43-33(39(51)52)26-31-14-17-32(18-15-31)44-35(19-16-29-10-4-2-5-11-29)45(36(47)20-21-37(48)49)34(38(44)50)27-30-12-6-3-7-13-30/h2-7,10-15,17-18,33-35,37,48-49H,8-9,16,19-27H2,1H3,(H,42,46)(H,43,53)(H,51,52). The van der Waals surface area contributed by atoms with E-state index in [2.05, 4.69) is 10.6 Å². The van der Waals surface area contributed by atoms with Gasteiger partial charge in [0.2, 0.25) is 17.7 Å². The molecule has 0 radical (unpaired) electrons. The highest BCUT2D eigenvalue weighted by molar-refractivity contribution is 6.03. The highest BCUT2D eigenvalue weighted by Gasteiger charge is 2.48. The summed E-state index contributed by atoms with van der Waals surface area (Å²) in [5.41, 5.74) is 2.35. The highest BCUT2D eigenvalue weighted by Crippen LogP contribution is 2.41. The molecule has 1 aliphatic heterocycles. The molecule has 1 heterocycles. The van der Waals surface area contributed by atoms with Gasteiger partial charge < -0.3 is 30.9 Å². The van der Waals surface area contributed by atoms with Crippen LogP contribution < -0.4 is 15.5 Å². The first kappa shape index (κ1) is 39.1. The van der Waals surface area contributed by atoms with Crippen LogP contribution in [0.25, 0.3) is 0 Å². The van der Waals surface area contributed by atoms with E-state index in [1.165, 1.54) is 6.92 Å². The number of carboxylic acid groups (broad SMARTS) is 1. The summed E-state index contributed by atoms with van der Waals surface area (Å²) in [6.07, 6.45) is 2.02. The van der Waals surface area contributed by atoms with Crippen LogP contribution in [0, 0.1) is 5.41 Å². The molecule has 53 heavy (non-hydrogen) atoms. The lowest BCUT2D eigenvalue weighted by molar-refractivity contribution is -0.144. The van der Waals surface area contributed by atoms with E-state index in [1.54, 1.807) is 34.1 Å². The van der Waals surface area contributed by atoms with Crippen LogP contribution in [0.5, 0.6) is 0 Å². The van der Waals surface area contributed by atoms with Crippen LogP contribution in [0.15, 0.2) is 84.9 Å². The van der Waals surface area contributed by atoms with Gasteiger partial charge in [0, 0.05) is 44.8 Å². The minimum absolute atomic E-state index is 0.0131. The molecule has 12 nitrogen and oxygen atoms in total. The van der Waals surface area contributed by atoms with Gasteiger partial charge in [-0.25, -0.2) is 4.79 Å². The molecule has 1 saturated heterocycles. The summed E-state index contributed by atoms with van der Waals surface area (Å²) in [7, 11) is 0. The van der Waals surface area contributed by atoms with E-state index in [0.29, 0.717) is 49.9 Å². The summed E-state index contributed by atoms with van der Waals surface area (Å²) in [6, 6.07) is 24.1. The van der Waals surface area contributed by atoms with Crippen LogP contribution >= 0.6 is 0 Å². The molecule has 0 aromatic heterocycles. The summed E-state index contributed by atoms with van der Waals surface area (Å²) in [5, 5.41) is 34.8. The Bertz CT molecular complexity index is 1710. The smallest absolute Gasteiger partial charge is 0.326 e. The average molecular weight is 727 g/mol. The van der Waals surface area contributed by atoms with Crippen LogP contribution in [0.4, 0.5) is 5.69 Å². The second-order valence-corrected chi connectivity index (χ2v) is 14.2. The van der Waals surface area contributed by atoms with Crippen molar-refractivity contribution in [3.63, 3.8) is 0 Å². The van der Waals surface area contributed by atoms with E-state index in [1.807, 2.05) is 60.7 Å². The highest BCUT2D eigenvalue weighted by atomic mass is 16.5. The summed E-state index contributed by atoms with van der Waals surface area (Å²) < 4.78 is 0. The van der Waals surface area contributed by atoms with Crippen molar-refractivity contribution in [2.45, 2.75) is 102 Å². The maximum Gasteiger partial charge on any atom is 0.326 e. The number of aryl methyl sites for hydroxylation is 1. The van der Waals surface area contributed by atoms with Gasteiger partial charge in [0.1, 0.15) is 18.2 Å². The van der Waals surface area contributed by atoms with E-state index in [-0.39, 0.29) is 49.3 Å². The molecule has 3 unspecified atom stereocenters. The summed E-state index contributed by atoms with van der Waals surface area (Å²) in [6.45, 7) is 1.75. The van der Waals surface area contributed by atoms with E-state index < -0.39 is 35.9 Å². The Morgan fingerprint density at radius 3 is 2.08 bits per heavy atom. The van der Waals surface area contributed by atoms with Gasteiger partial charge in [-0.15, -0.1) is 0 Å². The largest absolute Gasteiger partial charge is 0.480 e. The van der Waals surface area contributed by atoms with Gasteiger partial charge in [0.25, 0.3) is 5.91 Å². The van der Waals surface area contributed by atoms with E-state index in [4.69, 9.17) is 0 Å². The zero-order chi connectivity index (χ0) is 38.0. The molecule has 1 saturated carbocycles. The van der Waals surface area contributed by atoms with Crippen LogP contribution in [0.3, 0.4) is 0 Å². The maximum absolute atomic E-state index is 14.4. The Labute approximate surface area is 310 Å². The molecule has 2 aliphatic rings. The van der Waals surface area contributed by atoms with Crippen molar-refractivity contribution in [2.75, 3.05) is 11.4 Å². The number of carboxylic acids is 1. The van der Waals surface area contributed by atoms with Crippen molar-refractivity contribution in [3.05, 3.63) is 102 Å². The number of carbonyl (C=O) groups is 5. The molecule has 0 bridgehead atoms. The minimum Gasteiger partial charge on any atom is -0.480 e. The van der Waals surface area contributed by atoms with Crippen molar-refractivity contribution in [1.82, 2.24) is 15.5 Å². The number of aliphatic hydroxyl groups is 2. The number of amides is 4. The number of carbonyl (C=O) groups excluding carboxylic acids is 4. The Balaban J connectivity index is 1.39. The number of rotatable bonds is 17. The predicted octanol–water partition coefficient (Wildman–Crippen LogP) is 3.72. The average Bonchev–Trinajstić information content (AvgIpc) is 3.73. The van der Waals surface area contributed by atoms with Crippen LogP contribution in [0.1, 0.15) is 75.0 Å². The summed E-state index contributed by atoms with van der Waals surface area (Å²) in [5.74, 6) is -2.30. The molecular weight excluding hydrogens is 676 g/mol. The maximum atomic E-state index is 14.4. The quantitative estimate of drug-likeness (QED) is 0.131. The van der Waals surface area contributed by atoms with E-state index in [0.717, 1.165) is 24.0 Å². The SMILES string of the molecule is CC(=O)NCCC1(C(=O)NC(Cc2ccc(N3C(=O)C(Cc4ccccc4)N(C(=O)CCC(O)O)C3CCc3ccccc3)cc2)C(=O)O)CCCC1. The molecule has 5 rings (SSSR count). The predicted molar refractivity (Wildman–Crippen MR) is 198 cm³/mol. The number of nitrogens with zero attached hydrogens (tertiary/aromatic N) is 2. The second-order valence-electron chi connectivity index (χ2n) is 14.2.